The van der Waals surface area contributed by atoms with Crippen LogP contribution in [-0.2, 0) is 0 Å². The second kappa shape index (κ2) is 7.22. The molecular formula is C18H22N2O3. The van der Waals surface area contributed by atoms with Crippen LogP contribution in [0.4, 0.5) is 0 Å². The Morgan fingerprint density at radius 2 is 1.74 bits per heavy atom. The molecule has 1 aromatic carbocycles. The lowest BCUT2D eigenvalue weighted by Crippen LogP contribution is -2.05. The van der Waals surface area contributed by atoms with Gasteiger partial charge in [0.05, 0.1) is 12.8 Å². The molecular weight excluding hydrogens is 292 g/mol. The number of methoxy groups -OCH3 is 1. The van der Waals surface area contributed by atoms with E-state index in [9.17, 15) is 4.79 Å². The summed E-state index contributed by atoms with van der Waals surface area (Å²) in [6.45, 7) is 8.22. The molecule has 122 valence electrons. The fourth-order valence-electron chi connectivity index (χ4n) is 2.03. The summed E-state index contributed by atoms with van der Waals surface area (Å²) in [7, 11) is 1.56. The molecule has 0 radical (unpaired) electrons. The van der Waals surface area contributed by atoms with Crippen molar-refractivity contribution in [1.29, 1.82) is 0 Å². The Kier molecular flexibility index (Phi) is 5.32. The number of hydrogen-bond acceptors (Lipinski definition) is 5. The summed E-state index contributed by atoms with van der Waals surface area (Å²) in [4.78, 5) is 20.0. The zero-order valence-electron chi connectivity index (χ0n) is 14.2. The van der Waals surface area contributed by atoms with E-state index in [0.717, 1.165) is 17.8 Å². The standard InChI is InChI=1S/C18H22N2O3/c1-11(2)14-9-17(20-18(19-14)12(3)4)23-16-8-13(10-21)6-7-15(16)22-5/h6-12H,1-5H3. The minimum atomic E-state index is 0.194. The molecule has 0 aliphatic carbocycles. The highest BCUT2D eigenvalue weighted by Gasteiger charge is 2.14. The molecule has 0 bridgehead atoms. The van der Waals surface area contributed by atoms with Crippen molar-refractivity contribution in [3.63, 3.8) is 0 Å². The number of rotatable bonds is 6. The van der Waals surface area contributed by atoms with Gasteiger partial charge in [-0.15, -0.1) is 0 Å². The number of benzene rings is 1. The molecule has 0 spiro atoms. The highest BCUT2D eigenvalue weighted by atomic mass is 16.5. The van der Waals surface area contributed by atoms with Gasteiger partial charge in [-0.2, -0.15) is 4.98 Å². The molecule has 0 unspecified atom stereocenters. The average Bonchev–Trinajstić information content (AvgIpc) is 2.54. The van der Waals surface area contributed by atoms with Crippen molar-refractivity contribution < 1.29 is 14.3 Å². The number of ether oxygens (including phenoxy) is 2. The summed E-state index contributed by atoms with van der Waals surface area (Å²) in [6, 6.07) is 6.84. The maximum atomic E-state index is 11.0. The van der Waals surface area contributed by atoms with Gasteiger partial charge in [-0.25, -0.2) is 4.98 Å². The molecule has 0 saturated heterocycles. The lowest BCUT2D eigenvalue weighted by atomic mass is 10.1. The fourth-order valence-corrected chi connectivity index (χ4v) is 2.03. The minimum Gasteiger partial charge on any atom is -0.493 e. The predicted octanol–water partition coefficient (Wildman–Crippen LogP) is 4.34. The van der Waals surface area contributed by atoms with Crippen molar-refractivity contribution in [1.82, 2.24) is 9.97 Å². The first kappa shape index (κ1) is 16.9. The number of carbonyl (C=O) groups excluding carboxylic acids is 1. The topological polar surface area (TPSA) is 61.3 Å². The molecule has 23 heavy (non-hydrogen) atoms. The zero-order valence-corrected chi connectivity index (χ0v) is 14.2. The van der Waals surface area contributed by atoms with Crippen LogP contribution in [0.25, 0.3) is 0 Å². The van der Waals surface area contributed by atoms with Crippen LogP contribution in [0.15, 0.2) is 24.3 Å². The van der Waals surface area contributed by atoms with Crippen LogP contribution in [0.3, 0.4) is 0 Å². The van der Waals surface area contributed by atoms with Crippen molar-refractivity contribution in [2.75, 3.05) is 7.11 Å². The summed E-state index contributed by atoms with van der Waals surface area (Å²) < 4.78 is 11.2. The van der Waals surface area contributed by atoms with Gasteiger partial charge in [0.2, 0.25) is 5.88 Å². The molecule has 5 nitrogen and oxygen atoms in total. The van der Waals surface area contributed by atoms with Gasteiger partial charge in [0.25, 0.3) is 0 Å². The molecule has 0 aliphatic heterocycles. The van der Waals surface area contributed by atoms with E-state index in [0.29, 0.717) is 22.9 Å². The first-order valence-corrected chi connectivity index (χ1v) is 7.64. The Morgan fingerprint density at radius 3 is 2.30 bits per heavy atom. The third kappa shape index (κ3) is 4.06. The largest absolute Gasteiger partial charge is 0.493 e. The smallest absolute Gasteiger partial charge is 0.223 e. The van der Waals surface area contributed by atoms with E-state index in [1.165, 1.54) is 0 Å². The third-order valence-electron chi connectivity index (χ3n) is 3.39. The molecule has 0 aliphatic rings. The number of carbonyl (C=O) groups is 1. The molecule has 0 N–H and O–H groups in total. The summed E-state index contributed by atoms with van der Waals surface area (Å²) in [5.74, 6) is 2.65. The van der Waals surface area contributed by atoms with Crippen molar-refractivity contribution >= 4 is 6.29 Å². The summed E-state index contributed by atoms with van der Waals surface area (Å²) in [6.07, 6.45) is 0.769. The second-order valence-corrected chi connectivity index (χ2v) is 5.93. The Labute approximate surface area is 136 Å². The quantitative estimate of drug-likeness (QED) is 0.742. The highest BCUT2D eigenvalue weighted by Crippen LogP contribution is 2.32. The Balaban J connectivity index is 2.45. The molecule has 0 amide bonds. The van der Waals surface area contributed by atoms with Gasteiger partial charge in [0.15, 0.2) is 11.5 Å². The number of aldehydes is 1. The molecule has 0 fully saturated rings. The van der Waals surface area contributed by atoms with Crippen LogP contribution in [0.1, 0.15) is 61.4 Å². The third-order valence-corrected chi connectivity index (χ3v) is 3.39. The number of aromatic nitrogens is 2. The molecule has 2 aromatic rings. The molecule has 1 aromatic heterocycles. The van der Waals surface area contributed by atoms with E-state index in [4.69, 9.17) is 9.47 Å². The van der Waals surface area contributed by atoms with Gasteiger partial charge in [0, 0.05) is 17.5 Å². The van der Waals surface area contributed by atoms with E-state index >= 15 is 0 Å². The second-order valence-electron chi connectivity index (χ2n) is 5.93. The predicted molar refractivity (Wildman–Crippen MR) is 88.7 cm³/mol. The molecule has 2 rings (SSSR count). The van der Waals surface area contributed by atoms with Crippen LogP contribution >= 0.6 is 0 Å². The first-order chi connectivity index (χ1) is 10.9. The van der Waals surface area contributed by atoms with E-state index in [1.807, 2.05) is 19.9 Å². The van der Waals surface area contributed by atoms with Crippen LogP contribution in [0, 0.1) is 0 Å². The Bertz CT molecular complexity index is 670. The van der Waals surface area contributed by atoms with E-state index in [2.05, 4.69) is 23.8 Å². The Morgan fingerprint density at radius 1 is 1.00 bits per heavy atom. The first-order valence-electron chi connectivity index (χ1n) is 7.64. The van der Waals surface area contributed by atoms with Gasteiger partial charge < -0.3 is 9.47 Å². The Hall–Kier alpha value is -2.43. The monoisotopic (exact) mass is 314 g/mol. The highest BCUT2D eigenvalue weighted by molar-refractivity contribution is 5.76. The molecule has 5 heteroatoms. The van der Waals surface area contributed by atoms with Gasteiger partial charge in [0.1, 0.15) is 12.1 Å². The van der Waals surface area contributed by atoms with Crippen LogP contribution in [0.5, 0.6) is 17.4 Å². The van der Waals surface area contributed by atoms with Gasteiger partial charge in [-0.3, -0.25) is 4.79 Å². The van der Waals surface area contributed by atoms with Crippen molar-refractivity contribution in [2.45, 2.75) is 39.5 Å². The summed E-state index contributed by atoms with van der Waals surface area (Å²) in [5.41, 5.74) is 1.44. The summed E-state index contributed by atoms with van der Waals surface area (Å²) >= 11 is 0. The number of hydrogen-bond donors (Lipinski definition) is 0. The van der Waals surface area contributed by atoms with Crippen molar-refractivity contribution in [3.05, 3.63) is 41.3 Å². The van der Waals surface area contributed by atoms with E-state index < -0.39 is 0 Å². The van der Waals surface area contributed by atoms with E-state index in [1.54, 1.807) is 25.3 Å². The van der Waals surface area contributed by atoms with Crippen molar-refractivity contribution in [2.24, 2.45) is 0 Å². The average molecular weight is 314 g/mol. The number of nitrogens with zero attached hydrogens (tertiary/aromatic N) is 2. The normalized spacial score (nSPS) is 10.9. The maximum absolute atomic E-state index is 11.0. The fraction of sp³-hybridized carbons (Fsp3) is 0.389. The summed E-state index contributed by atoms with van der Waals surface area (Å²) in [5, 5.41) is 0. The van der Waals surface area contributed by atoms with Gasteiger partial charge in [-0.1, -0.05) is 27.7 Å². The maximum Gasteiger partial charge on any atom is 0.223 e. The van der Waals surface area contributed by atoms with Crippen LogP contribution in [-0.4, -0.2) is 23.4 Å². The van der Waals surface area contributed by atoms with Gasteiger partial charge >= 0.3 is 0 Å². The molecule has 1 heterocycles. The van der Waals surface area contributed by atoms with Gasteiger partial charge in [-0.05, 0) is 24.1 Å². The van der Waals surface area contributed by atoms with Crippen LogP contribution in [0.2, 0.25) is 0 Å². The lowest BCUT2D eigenvalue weighted by Gasteiger charge is -2.14. The van der Waals surface area contributed by atoms with Crippen molar-refractivity contribution in [3.8, 4) is 17.4 Å². The molecule has 0 atom stereocenters. The lowest BCUT2D eigenvalue weighted by molar-refractivity contribution is 0.112. The van der Waals surface area contributed by atoms with E-state index in [-0.39, 0.29) is 11.8 Å². The van der Waals surface area contributed by atoms with Crippen LogP contribution < -0.4 is 9.47 Å². The SMILES string of the molecule is COc1ccc(C=O)cc1Oc1cc(C(C)C)nc(C(C)C)n1. The molecule has 0 saturated carbocycles. The zero-order chi connectivity index (χ0) is 17.0. The minimum absolute atomic E-state index is 0.194.